The van der Waals surface area contributed by atoms with Gasteiger partial charge in [-0.1, -0.05) is 42.1 Å². The average Bonchev–Trinajstić information content (AvgIpc) is 3.25. The van der Waals surface area contributed by atoms with Gasteiger partial charge in [0.05, 0.1) is 17.5 Å². The number of nitrogens with zero attached hydrogens (tertiary/aromatic N) is 3. The lowest BCUT2D eigenvalue weighted by molar-refractivity contribution is -0.117. The smallest absolute Gasteiger partial charge is 0.248 e. The molecule has 32 heavy (non-hydrogen) atoms. The highest BCUT2D eigenvalue weighted by molar-refractivity contribution is 8.16. The molecule has 0 bridgehead atoms. The molecule has 0 aliphatic carbocycles. The highest BCUT2D eigenvalue weighted by Gasteiger charge is 2.49. The fraction of sp³-hybridized carbons (Fsp3) is 0.417. The van der Waals surface area contributed by atoms with Crippen LogP contribution in [0.25, 0.3) is 0 Å². The Hall–Kier alpha value is -2.32. The molecule has 2 fully saturated rings. The maximum Gasteiger partial charge on any atom is 0.248 e. The van der Waals surface area contributed by atoms with Crippen molar-refractivity contribution < 1.29 is 13.2 Å². The number of fused-ring (bicyclic) bond motifs is 1. The van der Waals surface area contributed by atoms with Crippen molar-refractivity contribution in [3.63, 3.8) is 0 Å². The predicted molar refractivity (Wildman–Crippen MR) is 134 cm³/mol. The number of thioether (sulfide) groups is 1. The lowest BCUT2D eigenvalue weighted by Crippen LogP contribution is -2.37. The number of sulfone groups is 1. The molecule has 2 atom stereocenters. The van der Waals surface area contributed by atoms with E-state index in [1.165, 1.54) is 11.8 Å². The summed E-state index contributed by atoms with van der Waals surface area (Å²) in [6.07, 6.45) is 0.970. The molecule has 4 rings (SSSR count). The number of benzene rings is 2. The average molecular weight is 472 g/mol. The van der Waals surface area contributed by atoms with E-state index in [0.717, 1.165) is 30.0 Å². The van der Waals surface area contributed by atoms with Crippen LogP contribution in [0.2, 0.25) is 0 Å². The van der Waals surface area contributed by atoms with Crippen LogP contribution in [0.4, 0.5) is 11.4 Å². The number of hydrogen-bond acceptors (Lipinski definition) is 5. The topological polar surface area (TPSA) is 70.0 Å². The Morgan fingerprint density at radius 1 is 1.06 bits per heavy atom. The third-order valence-electron chi connectivity index (χ3n) is 6.01. The molecule has 0 spiro atoms. The molecule has 6 nitrogen and oxygen atoms in total. The molecule has 2 aliphatic rings. The van der Waals surface area contributed by atoms with Crippen molar-refractivity contribution >= 4 is 44.0 Å². The summed E-state index contributed by atoms with van der Waals surface area (Å²) in [5.74, 6) is 0.0525. The van der Waals surface area contributed by atoms with Crippen LogP contribution < -0.4 is 9.80 Å². The van der Waals surface area contributed by atoms with Gasteiger partial charge in [0, 0.05) is 36.1 Å². The van der Waals surface area contributed by atoms with Crippen molar-refractivity contribution in [3.05, 3.63) is 60.2 Å². The first-order valence-electron chi connectivity index (χ1n) is 11.1. The Morgan fingerprint density at radius 3 is 2.41 bits per heavy atom. The van der Waals surface area contributed by atoms with Crippen molar-refractivity contribution in [2.24, 2.45) is 4.99 Å². The number of hydrogen-bond donors (Lipinski definition) is 0. The van der Waals surface area contributed by atoms with Gasteiger partial charge in [0.15, 0.2) is 15.0 Å². The minimum absolute atomic E-state index is 0.0943. The first-order valence-corrected chi connectivity index (χ1v) is 13.8. The van der Waals surface area contributed by atoms with Gasteiger partial charge in [-0.2, -0.15) is 4.99 Å². The summed E-state index contributed by atoms with van der Waals surface area (Å²) in [4.78, 5) is 21.3. The summed E-state index contributed by atoms with van der Waals surface area (Å²) >= 11 is 1.42. The Morgan fingerprint density at radius 2 is 1.75 bits per heavy atom. The van der Waals surface area contributed by atoms with Crippen LogP contribution in [-0.2, 0) is 21.1 Å². The molecule has 0 radical (unpaired) electrons. The monoisotopic (exact) mass is 471 g/mol. The van der Waals surface area contributed by atoms with E-state index in [1.807, 2.05) is 47.4 Å². The number of carbonyl (C=O) groups is 1. The molecule has 0 unspecified atom stereocenters. The van der Waals surface area contributed by atoms with E-state index in [0.29, 0.717) is 18.0 Å². The molecule has 2 heterocycles. The van der Waals surface area contributed by atoms with Gasteiger partial charge in [-0.25, -0.2) is 8.42 Å². The number of aryl methyl sites for hydroxylation is 1. The first-order chi connectivity index (χ1) is 15.4. The fourth-order valence-electron chi connectivity index (χ4n) is 4.34. The number of aliphatic imine (C=N–C) groups is 1. The molecule has 0 saturated carbocycles. The van der Waals surface area contributed by atoms with Crippen molar-refractivity contribution in [2.75, 3.05) is 34.4 Å². The van der Waals surface area contributed by atoms with E-state index in [9.17, 15) is 13.2 Å². The highest BCUT2D eigenvalue weighted by Crippen LogP contribution is 2.41. The fourth-order valence-corrected chi connectivity index (χ4v) is 8.27. The number of carbonyl (C=O) groups excluding carboxylic acids is 1. The SMILES string of the molecule is CCN(CC)c1ccc(N2C(=NC(=O)CCc3ccccc3)S[C@@H]3CS(=O)(=O)C[C@H]32)cc1. The molecular formula is C24H29N3O3S2. The second-order valence-electron chi connectivity index (χ2n) is 8.13. The van der Waals surface area contributed by atoms with Gasteiger partial charge < -0.3 is 9.80 Å². The van der Waals surface area contributed by atoms with Gasteiger partial charge in [-0.05, 0) is 50.1 Å². The summed E-state index contributed by atoms with van der Waals surface area (Å²) in [6.45, 7) is 6.07. The Bertz CT molecular complexity index is 1080. The van der Waals surface area contributed by atoms with Crippen molar-refractivity contribution in [3.8, 4) is 0 Å². The zero-order valence-electron chi connectivity index (χ0n) is 18.5. The van der Waals surface area contributed by atoms with Crippen molar-refractivity contribution in [1.29, 1.82) is 0 Å². The quantitative estimate of drug-likeness (QED) is 0.612. The van der Waals surface area contributed by atoms with E-state index in [4.69, 9.17) is 0 Å². The van der Waals surface area contributed by atoms with E-state index in [2.05, 4.69) is 35.9 Å². The Balaban J connectivity index is 1.57. The molecule has 2 saturated heterocycles. The molecule has 0 aromatic heterocycles. The van der Waals surface area contributed by atoms with E-state index < -0.39 is 9.84 Å². The lowest BCUT2D eigenvalue weighted by atomic mass is 10.1. The molecular weight excluding hydrogens is 442 g/mol. The summed E-state index contributed by atoms with van der Waals surface area (Å²) in [5.41, 5.74) is 3.11. The molecule has 2 aliphatic heterocycles. The minimum Gasteiger partial charge on any atom is -0.372 e. The number of anilines is 2. The third-order valence-corrected chi connectivity index (χ3v) is 9.22. The van der Waals surface area contributed by atoms with Crippen LogP contribution in [0.5, 0.6) is 0 Å². The molecule has 1 amide bonds. The Labute approximate surface area is 194 Å². The van der Waals surface area contributed by atoms with Crippen LogP contribution in [0.3, 0.4) is 0 Å². The maximum absolute atomic E-state index is 12.7. The van der Waals surface area contributed by atoms with Gasteiger partial charge in [0.25, 0.3) is 0 Å². The number of rotatable bonds is 7. The van der Waals surface area contributed by atoms with Gasteiger partial charge >= 0.3 is 0 Å². The minimum atomic E-state index is -3.08. The van der Waals surface area contributed by atoms with Gasteiger partial charge in [-0.15, -0.1) is 0 Å². The Kier molecular flexibility index (Phi) is 6.90. The van der Waals surface area contributed by atoms with E-state index in [1.54, 1.807) is 0 Å². The predicted octanol–water partition coefficient (Wildman–Crippen LogP) is 3.77. The largest absolute Gasteiger partial charge is 0.372 e. The van der Waals surface area contributed by atoms with Crippen LogP contribution in [0, 0.1) is 0 Å². The number of amidine groups is 1. The van der Waals surface area contributed by atoms with E-state index >= 15 is 0 Å². The summed E-state index contributed by atoms with van der Waals surface area (Å²) in [7, 11) is -3.08. The summed E-state index contributed by atoms with van der Waals surface area (Å²) < 4.78 is 24.6. The first kappa shape index (κ1) is 22.9. The van der Waals surface area contributed by atoms with Gasteiger partial charge in [0.1, 0.15) is 0 Å². The van der Waals surface area contributed by atoms with Crippen molar-refractivity contribution in [1.82, 2.24) is 0 Å². The maximum atomic E-state index is 12.7. The summed E-state index contributed by atoms with van der Waals surface area (Å²) in [6, 6.07) is 17.8. The second kappa shape index (κ2) is 9.67. The van der Waals surface area contributed by atoms with Crippen molar-refractivity contribution in [2.45, 2.75) is 38.0 Å². The highest BCUT2D eigenvalue weighted by atomic mass is 32.2. The molecule has 170 valence electrons. The second-order valence-corrected chi connectivity index (χ2v) is 11.5. The normalized spacial score (nSPS) is 22.8. The zero-order chi connectivity index (χ0) is 22.7. The standard InChI is InChI=1S/C24H29N3O3S2/c1-3-26(4-2)19-11-13-20(14-12-19)27-21-16-32(29,30)17-22(21)31-24(27)25-23(28)15-10-18-8-6-5-7-9-18/h5-9,11-14,21-22H,3-4,10,15-17H2,1-2H3/t21-,22-/m1/s1. The molecule has 0 N–H and O–H groups in total. The van der Waals surface area contributed by atoms with Gasteiger partial charge in [-0.3, -0.25) is 4.79 Å². The van der Waals surface area contributed by atoms with E-state index in [-0.39, 0.29) is 28.7 Å². The van der Waals surface area contributed by atoms with Crippen LogP contribution in [0.15, 0.2) is 59.6 Å². The summed E-state index contributed by atoms with van der Waals surface area (Å²) in [5, 5.41) is 0.520. The molecule has 8 heteroatoms. The van der Waals surface area contributed by atoms with Gasteiger partial charge in [0.2, 0.25) is 5.91 Å². The van der Waals surface area contributed by atoms with Crippen LogP contribution >= 0.6 is 11.8 Å². The molecule has 2 aromatic rings. The number of amides is 1. The van der Waals surface area contributed by atoms with Crippen LogP contribution in [-0.4, -0.2) is 55.4 Å². The molecule has 2 aromatic carbocycles. The lowest BCUT2D eigenvalue weighted by Gasteiger charge is -2.26. The van der Waals surface area contributed by atoms with Crippen LogP contribution in [0.1, 0.15) is 25.8 Å². The zero-order valence-corrected chi connectivity index (χ0v) is 20.1. The third kappa shape index (κ3) is 5.02.